The zero-order valence-electron chi connectivity index (χ0n) is 11.6. The van der Waals surface area contributed by atoms with Crippen LogP contribution in [0.5, 0.6) is 0 Å². The quantitative estimate of drug-likeness (QED) is 0.681. The molecule has 7 heteroatoms. The molecule has 0 aromatic carbocycles. The second kappa shape index (κ2) is 6.49. The lowest BCUT2D eigenvalue weighted by Gasteiger charge is -2.22. The SMILES string of the molecule is C[C@H](CC(=O)OC(C)(C)C)C(O)CNS(C)(=O)=O. The molecule has 0 aromatic rings. The summed E-state index contributed by atoms with van der Waals surface area (Å²) >= 11 is 0. The van der Waals surface area contributed by atoms with Crippen LogP contribution in [0.15, 0.2) is 0 Å². The number of carbonyl (C=O) groups is 1. The molecule has 0 aliphatic carbocycles. The van der Waals surface area contributed by atoms with Gasteiger partial charge in [0.2, 0.25) is 10.0 Å². The first-order chi connectivity index (χ1) is 7.91. The molecule has 0 amide bonds. The van der Waals surface area contributed by atoms with Crippen LogP contribution in [0.4, 0.5) is 0 Å². The van der Waals surface area contributed by atoms with Crippen molar-refractivity contribution in [2.24, 2.45) is 5.92 Å². The highest BCUT2D eigenvalue weighted by Crippen LogP contribution is 2.14. The third-order valence-corrected chi connectivity index (χ3v) is 2.81. The van der Waals surface area contributed by atoms with E-state index in [0.29, 0.717) is 0 Å². The third-order valence-electron chi connectivity index (χ3n) is 2.12. The Bertz CT molecular complexity index is 371. The van der Waals surface area contributed by atoms with Gasteiger partial charge in [0.25, 0.3) is 0 Å². The Balaban J connectivity index is 4.16. The second-order valence-corrected chi connectivity index (χ2v) is 7.29. The van der Waals surface area contributed by atoms with Gasteiger partial charge in [0, 0.05) is 6.54 Å². The van der Waals surface area contributed by atoms with Crippen LogP contribution in [0.3, 0.4) is 0 Å². The minimum Gasteiger partial charge on any atom is -0.460 e. The molecule has 18 heavy (non-hydrogen) atoms. The molecule has 1 unspecified atom stereocenters. The Labute approximate surface area is 109 Å². The summed E-state index contributed by atoms with van der Waals surface area (Å²) in [7, 11) is -3.34. The van der Waals surface area contributed by atoms with E-state index in [1.807, 2.05) is 0 Å². The first kappa shape index (κ1) is 17.3. The van der Waals surface area contributed by atoms with Gasteiger partial charge in [-0.25, -0.2) is 13.1 Å². The number of aliphatic hydroxyl groups is 1. The molecule has 2 atom stereocenters. The first-order valence-electron chi connectivity index (χ1n) is 5.75. The van der Waals surface area contributed by atoms with Gasteiger partial charge >= 0.3 is 5.97 Å². The maximum Gasteiger partial charge on any atom is 0.306 e. The van der Waals surface area contributed by atoms with Crippen LogP contribution >= 0.6 is 0 Å². The standard InChI is InChI=1S/C11H23NO5S/c1-8(6-10(14)17-11(2,3)4)9(13)7-12-18(5,15)16/h8-9,12-13H,6-7H2,1-5H3/t8-,9?/m1/s1. The molecule has 0 aliphatic rings. The van der Waals surface area contributed by atoms with Crippen LogP contribution in [-0.2, 0) is 19.6 Å². The minimum absolute atomic E-state index is 0.0455. The topological polar surface area (TPSA) is 92.7 Å². The van der Waals surface area contributed by atoms with Gasteiger partial charge in [-0.1, -0.05) is 6.92 Å². The van der Waals surface area contributed by atoms with E-state index < -0.39 is 27.7 Å². The van der Waals surface area contributed by atoms with Gasteiger partial charge in [0.15, 0.2) is 0 Å². The summed E-state index contributed by atoms with van der Waals surface area (Å²) in [6.45, 7) is 6.84. The molecule has 0 aliphatic heterocycles. The van der Waals surface area contributed by atoms with Gasteiger partial charge in [-0.05, 0) is 26.7 Å². The van der Waals surface area contributed by atoms with Crippen molar-refractivity contribution in [3.05, 3.63) is 0 Å². The second-order valence-electron chi connectivity index (χ2n) is 5.46. The zero-order chi connectivity index (χ0) is 14.6. The molecule has 0 saturated carbocycles. The number of carbonyl (C=O) groups excluding carboxylic acids is 1. The van der Waals surface area contributed by atoms with Crippen molar-refractivity contribution in [1.29, 1.82) is 0 Å². The summed E-state index contributed by atoms with van der Waals surface area (Å²) in [6.07, 6.45) is 0.134. The number of hydrogen-bond donors (Lipinski definition) is 2. The van der Waals surface area contributed by atoms with E-state index in [1.54, 1.807) is 27.7 Å². The average molecular weight is 281 g/mol. The molecule has 0 saturated heterocycles. The summed E-state index contributed by atoms with van der Waals surface area (Å²) in [5.41, 5.74) is -0.563. The number of hydrogen-bond acceptors (Lipinski definition) is 5. The molecule has 0 rings (SSSR count). The fourth-order valence-corrected chi connectivity index (χ4v) is 1.69. The van der Waals surface area contributed by atoms with Crippen molar-refractivity contribution in [3.63, 3.8) is 0 Å². The van der Waals surface area contributed by atoms with E-state index in [4.69, 9.17) is 4.74 Å². The van der Waals surface area contributed by atoms with Gasteiger partial charge in [0.1, 0.15) is 5.60 Å². The fraction of sp³-hybridized carbons (Fsp3) is 0.909. The Hall–Kier alpha value is -0.660. The summed E-state index contributed by atoms with van der Waals surface area (Å²) in [4.78, 5) is 11.5. The predicted octanol–water partition coefficient (Wildman–Crippen LogP) is 0.264. The van der Waals surface area contributed by atoms with Gasteiger partial charge < -0.3 is 9.84 Å². The Morgan fingerprint density at radius 2 is 1.89 bits per heavy atom. The molecule has 2 N–H and O–H groups in total. The number of esters is 1. The van der Waals surface area contributed by atoms with E-state index in [2.05, 4.69) is 4.72 Å². The molecule has 0 fully saturated rings. The number of nitrogens with one attached hydrogen (secondary N) is 1. The van der Waals surface area contributed by atoms with Crippen molar-refractivity contribution in [2.75, 3.05) is 12.8 Å². The summed E-state index contributed by atoms with van der Waals surface area (Å²) in [5.74, 6) is -0.789. The van der Waals surface area contributed by atoms with Gasteiger partial charge in [-0.2, -0.15) is 0 Å². The molecule has 0 heterocycles. The Morgan fingerprint density at radius 1 is 1.39 bits per heavy atom. The molecular weight excluding hydrogens is 258 g/mol. The molecule has 108 valence electrons. The van der Waals surface area contributed by atoms with Crippen LogP contribution in [0.1, 0.15) is 34.1 Å². The van der Waals surface area contributed by atoms with Crippen LogP contribution in [0, 0.1) is 5.92 Å². The van der Waals surface area contributed by atoms with E-state index in [1.165, 1.54) is 0 Å². The lowest BCUT2D eigenvalue weighted by molar-refractivity contribution is -0.156. The third kappa shape index (κ3) is 9.38. The Morgan fingerprint density at radius 3 is 2.28 bits per heavy atom. The largest absolute Gasteiger partial charge is 0.460 e. The highest BCUT2D eigenvalue weighted by atomic mass is 32.2. The summed E-state index contributed by atoms with van der Waals surface area (Å²) in [5, 5.41) is 9.69. The maximum absolute atomic E-state index is 11.5. The van der Waals surface area contributed by atoms with Crippen LogP contribution in [0.2, 0.25) is 0 Å². The monoisotopic (exact) mass is 281 g/mol. The maximum atomic E-state index is 11.5. The van der Waals surface area contributed by atoms with E-state index in [-0.39, 0.29) is 18.9 Å². The molecule has 0 bridgehead atoms. The number of rotatable bonds is 6. The minimum atomic E-state index is -3.34. The molecule has 0 radical (unpaired) electrons. The lowest BCUT2D eigenvalue weighted by atomic mass is 10.0. The first-order valence-corrected chi connectivity index (χ1v) is 7.64. The lowest BCUT2D eigenvalue weighted by Crippen LogP contribution is -2.36. The number of sulfonamides is 1. The molecular formula is C11H23NO5S. The van der Waals surface area contributed by atoms with Crippen LogP contribution in [0.25, 0.3) is 0 Å². The number of ether oxygens (including phenoxy) is 1. The van der Waals surface area contributed by atoms with Gasteiger partial charge in [-0.3, -0.25) is 4.79 Å². The van der Waals surface area contributed by atoms with Crippen molar-refractivity contribution >= 4 is 16.0 Å². The van der Waals surface area contributed by atoms with Crippen LogP contribution < -0.4 is 4.72 Å². The highest BCUT2D eigenvalue weighted by Gasteiger charge is 2.22. The van der Waals surface area contributed by atoms with Crippen LogP contribution in [-0.4, -0.2) is 44.0 Å². The molecule has 0 aromatic heterocycles. The van der Waals surface area contributed by atoms with Crippen molar-refractivity contribution in [2.45, 2.75) is 45.8 Å². The molecule has 6 nitrogen and oxygen atoms in total. The molecule has 0 spiro atoms. The zero-order valence-corrected chi connectivity index (χ0v) is 12.4. The van der Waals surface area contributed by atoms with Crippen molar-refractivity contribution < 1.29 is 23.1 Å². The van der Waals surface area contributed by atoms with Gasteiger partial charge in [0.05, 0.1) is 18.8 Å². The smallest absolute Gasteiger partial charge is 0.306 e. The summed E-state index contributed by atoms with van der Waals surface area (Å²) < 4.78 is 29.0. The van der Waals surface area contributed by atoms with E-state index >= 15 is 0 Å². The fourth-order valence-electron chi connectivity index (χ4n) is 1.22. The van der Waals surface area contributed by atoms with Gasteiger partial charge in [-0.15, -0.1) is 0 Å². The van der Waals surface area contributed by atoms with E-state index in [0.717, 1.165) is 6.26 Å². The predicted molar refractivity (Wildman–Crippen MR) is 68.5 cm³/mol. The number of aliphatic hydroxyl groups excluding tert-OH is 1. The Kier molecular flexibility index (Phi) is 6.25. The normalized spacial score (nSPS) is 16.1. The van der Waals surface area contributed by atoms with Crippen molar-refractivity contribution in [1.82, 2.24) is 4.72 Å². The van der Waals surface area contributed by atoms with Crippen molar-refractivity contribution in [3.8, 4) is 0 Å². The summed E-state index contributed by atoms with van der Waals surface area (Å²) in [6, 6.07) is 0. The highest BCUT2D eigenvalue weighted by molar-refractivity contribution is 7.88. The average Bonchev–Trinajstić information content (AvgIpc) is 2.09. The van der Waals surface area contributed by atoms with E-state index in [9.17, 15) is 18.3 Å².